The standard InChI is InChI=1S/C15H12O.C3H6O2/c1-9-6-7-11-4-3-5-12-14(11)13(9)8-10(2)15(12)16;1-2-3(4)5/h3-8H,1-2H3;2H2,1H3,(H,4,5). The summed E-state index contributed by atoms with van der Waals surface area (Å²) in [5.74, 6) is -0.589. The Morgan fingerprint density at radius 2 is 1.81 bits per heavy atom. The van der Waals surface area contributed by atoms with Gasteiger partial charge in [-0.25, -0.2) is 0 Å². The highest BCUT2D eigenvalue weighted by atomic mass is 16.4. The average molecular weight is 282 g/mol. The van der Waals surface area contributed by atoms with Gasteiger partial charge in [-0.05, 0) is 42.0 Å². The van der Waals surface area contributed by atoms with Gasteiger partial charge >= 0.3 is 5.97 Å². The molecule has 0 spiro atoms. The Labute approximate surface area is 123 Å². The highest BCUT2D eigenvalue weighted by molar-refractivity contribution is 6.22. The van der Waals surface area contributed by atoms with E-state index in [0.29, 0.717) is 0 Å². The second-order valence-electron chi connectivity index (χ2n) is 5.10. The van der Waals surface area contributed by atoms with Crippen molar-refractivity contribution in [1.82, 2.24) is 0 Å². The minimum atomic E-state index is -0.745. The molecular formula is C18H18O3. The van der Waals surface area contributed by atoms with E-state index in [0.717, 1.165) is 21.9 Å². The first-order valence-electron chi connectivity index (χ1n) is 6.92. The Morgan fingerprint density at radius 1 is 1.14 bits per heavy atom. The van der Waals surface area contributed by atoms with Crippen LogP contribution in [0.4, 0.5) is 0 Å². The molecule has 0 unspecified atom stereocenters. The van der Waals surface area contributed by atoms with E-state index in [1.54, 1.807) is 6.92 Å². The summed E-state index contributed by atoms with van der Waals surface area (Å²) in [6.45, 7) is 5.57. The number of carbonyl (C=O) groups excluding carboxylic acids is 1. The lowest BCUT2D eigenvalue weighted by Gasteiger charge is -2.16. The van der Waals surface area contributed by atoms with Gasteiger partial charge in [0.1, 0.15) is 0 Å². The fraction of sp³-hybridized carbons (Fsp3) is 0.222. The smallest absolute Gasteiger partial charge is 0.303 e. The summed E-state index contributed by atoms with van der Waals surface area (Å²) >= 11 is 0. The van der Waals surface area contributed by atoms with Gasteiger partial charge in [-0.1, -0.05) is 37.3 Å². The van der Waals surface area contributed by atoms with Gasteiger partial charge in [0.05, 0.1) is 0 Å². The van der Waals surface area contributed by atoms with Crippen LogP contribution in [0.1, 0.15) is 41.8 Å². The molecule has 1 aliphatic rings. The Balaban J connectivity index is 0.000000282. The van der Waals surface area contributed by atoms with Crippen molar-refractivity contribution in [2.45, 2.75) is 27.2 Å². The van der Waals surface area contributed by atoms with Crippen LogP contribution in [0.3, 0.4) is 0 Å². The molecule has 0 aromatic heterocycles. The molecular weight excluding hydrogens is 264 g/mol. The van der Waals surface area contributed by atoms with Crippen molar-refractivity contribution in [1.29, 1.82) is 0 Å². The van der Waals surface area contributed by atoms with Gasteiger partial charge in [-0.15, -0.1) is 0 Å². The number of ketones is 1. The minimum Gasteiger partial charge on any atom is -0.481 e. The van der Waals surface area contributed by atoms with Crippen molar-refractivity contribution in [3.8, 4) is 0 Å². The zero-order chi connectivity index (χ0) is 15.6. The summed E-state index contributed by atoms with van der Waals surface area (Å²) < 4.78 is 0. The van der Waals surface area contributed by atoms with Gasteiger partial charge in [-0.2, -0.15) is 0 Å². The van der Waals surface area contributed by atoms with Gasteiger partial charge in [-0.3, -0.25) is 9.59 Å². The van der Waals surface area contributed by atoms with Gasteiger partial charge in [0.15, 0.2) is 5.78 Å². The van der Waals surface area contributed by atoms with Gasteiger partial charge in [0.2, 0.25) is 0 Å². The molecule has 0 amide bonds. The third-order valence-corrected chi connectivity index (χ3v) is 3.57. The van der Waals surface area contributed by atoms with Crippen LogP contribution < -0.4 is 0 Å². The number of benzene rings is 2. The molecule has 0 saturated carbocycles. The Hall–Kier alpha value is -2.42. The molecule has 3 nitrogen and oxygen atoms in total. The first-order chi connectivity index (χ1) is 9.95. The molecule has 0 heterocycles. The maximum absolute atomic E-state index is 12.0. The lowest BCUT2D eigenvalue weighted by molar-refractivity contribution is -0.136. The number of hydrogen-bond acceptors (Lipinski definition) is 2. The Morgan fingerprint density at radius 3 is 2.43 bits per heavy atom. The van der Waals surface area contributed by atoms with Crippen LogP contribution in [0.25, 0.3) is 16.8 Å². The number of carbonyl (C=O) groups is 2. The molecule has 21 heavy (non-hydrogen) atoms. The molecule has 3 rings (SSSR count). The second-order valence-corrected chi connectivity index (χ2v) is 5.10. The SMILES string of the molecule is CC1=Cc2c(C)ccc3cccc(c23)C1=O.CCC(=O)O. The predicted octanol–water partition coefficient (Wildman–Crippen LogP) is 4.23. The van der Waals surface area contributed by atoms with E-state index in [4.69, 9.17) is 5.11 Å². The maximum Gasteiger partial charge on any atom is 0.303 e. The number of rotatable bonds is 1. The highest BCUT2D eigenvalue weighted by Crippen LogP contribution is 2.32. The highest BCUT2D eigenvalue weighted by Gasteiger charge is 2.19. The zero-order valence-electron chi connectivity index (χ0n) is 12.4. The van der Waals surface area contributed by atoms with Gasteiger partial charge < -0.3 is 5.11 Å². The Kier molecular flexibility index (Phi) is 4.22. The number of aliphatic carboxylic acids is 1. The molecule has 108 valence electrons. The molecule has 3 heteroatoms. The topological polar surface area (TPSA) is 54.4 Å². The van der Waals surface area contributed by atoms with Crippen molar-refractivity contribution < 1.29 is 14.7 Å². The molecule has 0 aliphatic heterocycles. The summed E-state index contributed by atoms with van der Waals surface area (Å²) in [4.78, 5) is 21.4. The van der Waals surface area contributed by atoms with Crippen LogP contribution >= 0.6 is 0 Å². The van der Waals surface area contributed by atoms with Crippen LogP contribution in [-0.2, 0) is 4.79 Å². The summed E-state index contributed by atoms with van der Waals surface area (Å²) in [5.41, 5.74) is 4.10. The van der Waals surface area contributed by atoms with E-state index in [9.17, 15) is 9.59 Å². The van der Waals surface area contributed by atoms with E-state index in [2.05, 4.69) is 25.1 Å². The lowest BCUT2D eigenvalue weighted by atomic mass is 9.86. The monoisotopic (exact) mass is 282 g/mol. The van der Waals surface area contributed by atoms with Gasteiger partial charge in [0.25, 0.3) is 0 Å². The number of hydrogen-bond donors (Lipinski definition) is 1. The number of Topliss-reactive ketones (excluding diaryl/α,β-unsaturated/α-hetero) is 1. The van der Waals surface area contributed by atoms with E-state index in [1.165, 1.54) is 11.1 Å². The number of carboxylic acids is 1. The summed E-state index contributed by atoms with van der Waals surface area (Å²) in [6.07, 6.45) is 2.23. The van der Waals surface area contributed by atoms with Crippen LogP contribution in [0.2, 0.25) is 0 Å². The third kappa shape index (κ3) is 2.87. The fourth-order valence-electron chi connectivity index (χ4n) is 2.38. The molecule has 0 saturated heterocycles. The fourth-order valence-corrected chi connectivity index (χ4v) is 2.38. The van der Waals surface area contributed by atoms with Crippen molar-refractivity contribution >= 4 is 28.6 Å². The summed E-state index contributed by atoms with van der Waals surface area (Å²) in [5, 5.41) is 9.98. The van der Waals surface area contributed by atoms with Crippen molar-refractivity contribution in [2.75, 3.05) is 0 Å². The molecule has 2 aromatic rings. The van der Waals surface area contributed by atoms with Crippen molar-refractivity contribution in [3.63, 3.8) is 0 Å². The number of aryl methyl sites for hydroxylation is 1. The molecule has 1 N–H and O–H groups in total. The van der Waals surface area contributed by atoms with Crippen LogP contribution in [0.15, 0.2) is 35.9 Å². The quantitative estimate of drug-likeness (QED) is 0.851. The minimum absolute atomic E-state index is 0.156. The molecule has 0 bridgehead atoms. The van der Waals surface area contributed by atoms with E-state index in [1.807, 2.05) is 25.1 Å². The van der Waals surface area contributed by atoms with Crippen molar-refractivity contribution in [3.05, 3.63) is 52.6 Å². The predicted molar refractivity (Wildman–Crippen MR) is 84.6 cm³/mol. The normalized spacial score (nSPS) is 12.5. The van der Waals surface area contributed by atoms with Gasteiger partial charge in [0, 0.05) is 17.4 Å². The molecule has 0 fully saturated rings. The first kappa shape index (κ1) is 15.0. The zero-order valence-corrected chi connectivity index (χ0v) is 12.4. The lowest BCUT2D eigenvalue weighted by Crippen LogP contribution is -2.07. The molecule has 2 aromatic carbocycles. The summed E-state index contributed by atoms with van der Waals surface area (Å²) in [7, 11) is 0. The Bertz CT molecular complexity index is 754. The second kappa shape index (κ2) is 5.92. The van der Waals surface area contributed by atoms with Crippen LogP contribution in [-0.4, -0.2) is 16.9 Å². The first-order valence-corrected chi connectivity index (χ1v) is 6.92. The van der Waals surface area contributed by atoms with Crippen molar-refractivity contribution in [2.24, 2.45) is 0 Å². The van der Waals surface area contributed by atoms with E-state index in [-0.39, 0.29) is 12.2 Å². The van der Waals surface area contributed by atoms with Crippen LogP contribution in [0, 0.1) is 6.92 Å². The summed E-state index contributed by atoms with van der Waals surface area (Å²) in [6, 6.07) is 10.1. The van der Waals surface area contributed by atoms with E-state index < -0.39 is 5.97 Å². The maximum atomic E-state index is 12.0. The largest absolute Gasteiger partial charge is 0.481 e. The number of allylic oxidation sites excluding steroid dienone is 1. The van der Waals surface area contributed by atoms with Crippen LogP contribution in [0.5, 0.6) is 0 Å². The average Bonchev–Trinajstić information content (AvgIpc) is 2.48. The molecule has 1 aliphatic carbocycles. The third-order valence-electron chi connectivity index (χ3n) is 3.57. The molecule has 0 atom stereocenters. The van der Waals surface area contributed by atoms with E-state index >= 15 is 0 Å². The number of carboxylic acid groups (broad SMARTS) is 1. The molecule has 0 radical (unpaired) electrons.